The lowest BCUT2D eigenvalue weighted by molar-refractivity contribution is 0.102. The summed E-state index contributed by atoms with van der Waals surface area (Å²) in [6, 6.07) is 15.9. The number of H-pyrrole nitrogens is 1. The molecule has 4 aromatic rings. The number of rotatable bonds is 2. The van der Waals surface area contributed by atoms with E-state index in [1.807, 2.05) is 18.2 Å². The Kier molecular flexibility index (Phi) is 3.31. The molecule has 116 valence electrons. The Bertz CT molecular complexity index is 1120. The molecule has 0 aliphatic carbocycles. The zero-order chi connectivity index (χ0) is 16.5. The molecule has 0 atom stereocenters. The first kappa shape index (κ1) is 14.1. The van der Waals surface area contributed by atoms with Gasteiger partial charge in [0.15, 0.2) is 5.43 Å². The van der Waals surface area contributed by atoms with Crippen molar-refractivity contribution in [2.24, 2.45) is 0 Å². The van der Waals surface area contributed by atoms with Crippen molar-refractivity contribution in [2.75, 3.05) is 5.32 Å². The maximum atomic E-state index is 12.7. The molecule has 5 heteroatoms. The molecule has 0 aliphatic rings. The number of nitrogens with zero attached hydrogens (tertiary/aromatic N) is 1. The molecule has 0 fully saturated rings. The minimum absolute atomic E-state index is 0.0876. The van der Waals surface area contributed by atoms with Gasteiger partial charge in [-0.3, -0.25) is 14.6 Å². The molecule has 4 rings (SSSR count). The summed E-state index contributed by atoms with van der Waals surface area (Å²) in [6.45, 7) is 0. The summed E-state index contributed by atoms with van der Waals surface area (Å²) in [5.41, 5.74) is 2.43. The molecule has 2 heterocycles. The van der Waals surface area contributed by atoms with Gasteiger partial charge in [-0.05, 0) is 42.5 Å². The Hall–Kier alpha value is -3.47. The minimum Gasteiger partial charge on any atom is -0.354 e. The smallest absolute Gasteiger partial charge is 0.255 e. The van der Waals surface area contributed by atoms with E-state index in [4.69, 9.17) is 0 Å². The topological polar surface area (TPSA) is 74.8 Å². The van der Waals surface area contributed by atoms with Crippen molar-refractivity contribution < 1.29 is 4.79 Å². The summed E-state index contributed by atoms with van der Waals surface area (Å²) in [5, 5.41) is 3.87. The molecule has 0 saturated carbocycles. The molecular weight excluding hydrogens is 302 g/mol. The van der Waals surface area contributed by atoms with Gasteiger partial charge in [-0.15, -0.1) is 0 Å². The monoisotopic (exact) mass is 315 g/mol. The molecular formula is C19H13N3O2. The second-order valence-corrected chi connectivity index (χ2v) is 5.46. The number of hydrogen-bond acceptors (Lipinski definition) is 3. The van der Waals surface area contributed by atoms with Gasteiger partial charge in [-0.1, -0.05) is 12.1 Å². The van der Waals surface area contributed by atoms with E-state index in [0.29, 0.717) is 27.5 Å². The third-order valence-corrected chi connectivity index (χ3v) is 3.89. The molecule has 0 aliphatic heterocycles. The molecule has 0 unspecified atom stereocenters. The third-order valence-electron chi connectivity index (χ3n) is 3.89. The number of aromatic nitrogens is 2. The number of pyridine rings is 2. The Labute approximate surface area is 137 Å². The van der Waals surface area contributed by atoms with Crippen molar-refractivity contribution in [3.8, 4) is 0 Å². The van der Waals surface area contributed by atoms with E-state index < -0.39 is 0 Å². The second kappa shape index (κ2) is 5.62. The highest BCUT2D eigenvalue weighted by Crippen LogP contribution is 2.17. The average molecular weight is 315 g/mol. The van der Waals surface area contributed by atoms with Gasteiger partial charge in [0, 0.05) is 33.6 Å². The van der Waals surface area contributed by atoms with Crippen molar-refractivity contribution >= 4 is 33.4 Å². The van der Waals surface area contributed by atoms with E-state index in [1.165, 1.54) is 0 Å². The molecule has 0 radical (unpaired) electrons. The van der Waals surface area contributed by atoms with Gasteiger partial charge in [0.2, 0.25) is 0 Å². The highest BCUT2D eigenvalue weighted by molar-refractivity contribution is 6.06. The number of anilines is 1. The molecule has 24 heavy (non-hydrogen) atoms. The van der Waals surface area contributed by atoms with Crippen LogP contribution in [0, 0.1) is 0 Å². The minimum atomic E-state index is -0.280. The SMILES string of the molecule is O=C(Nc1cccnc1)c1ccc2[nH]c3ccccc3c(=O)c2c1. The number of amides is 1. The first-order valence-electron chi connectivity index (χ1n) is 7.48. The fraction of sp³-hybridized carbons (Fsp3) is 0. The van der Waals surface area contributed by atoms with Crippen LogP contribution in [0.25, 0.3) is 21.8 Å². The highest BCUT2D eigenvalue weighted by atomic mass is 16.1. The average Bonchev–Trinajstić information content (AvgIpc) is 2.62. The van der Waals surface area contributed by atoms with Crippen molar-refractivity contribution in [3.05, 3.63) is 82.8 Å². The van der Waals surface area contributed by atoms with E-state index in [9.17, 15) is 9.59 Å². The third kappa shape index (κ3) is 2.42. The summed E-state index contributed by atoms with van der Waals surface area (Å²) in [6.07, 6.45) is 3.20. The number of benzene rings is 2. The highest BCUT2D eigenvalue weighted by Gasteiger charge is 2.10. The maximum absolute atomic E-state index is 12.7. The number of carbonyl (C=O) groups is 1. The van der Waals surface area contributed by atoms with Crippen LogP contribution >= 0.6 is 0 Å². The predicted octanol–water partition coefficient (Wildman–Crippen LogP) is 3.33. The lowest BCUT2D eigenvalue weighted by Crippen LogP contribution is -2.13. The molecule has 5 nitrogen and oxygen atoms in total. The van der Waals surface area contributed by atoms with Crippen molar-refractivity contribution in [1.29, 1.82) is 0 Å². The largest absolute Gasteiger partial charge is 0.354 e. The molecule has 2 aromatic carbocycles. The Morgan fingerprint density at radius 3 is 2.62 bits per heavy atom. The van der Waals surface area contributed by atoms with Crippen LogP contribution in [-0.4, -0.2) is 15.9 Å². The van der Waals surface area contributed by atoms with Gasteiger partial charge in [0.05, 0.1) is 11.9 Å². The van der Waals surface area contributed by atoms with E-state index in [2.05, 4.69) is 15.3 Å². The zero-order valence-corrected chi connectivity index (χ0v) is 12.6. The molecule has 0 spiro atoms. The van der Waals surface area contributed by atoms with E-state index in [0.717, 1.165) is 5.52 Å². The van der Waals surface area contributed by atoms with E-state index in [-0.39, 0.29) is 11.3 Å². The van der Waals surface area contributed by atoms with Crippen molar-refractivity contribution in [2.45, 2.75) is 0 Å². The molecule has 2 N–H and O–H groups in total. The molecule has 2 aromatic heterocycles. The van der Waals surface area contributed by atoms with Crippen LogP contribution in [0.2, 0.25) is 0 Å². The molecule has 1 amide bonds. The van der Waals surface area contributed by atoms with Gasteiger partial charge in [0.1, 0.15) is 0 Å². The van der Waals surface area contributed by atoms with Gasteiger partial charge >= 0.3 is 0 Å². The van der Waals surface area contributed by atoms with Crippen LogP contribution < -0.4 is 10.7 Å². The number of aromatic amines is 1. The molecule has 0 saturated heterocycles. The van der Waals surface area contributed by atoms with E-state index >= 15 is 0 Å². The van der Waals surface area contributed by atoms with Crippen LogP contribution in [0.4, 0.5) is 5.69 Å². The van der Waals surface area contributed by atoms with Crippen LogP contribution in [-0.2, 0) is 0 Å². The van der Waals surface area contributed by atoms with E-state index in [1.54, 1.807) is 48.8 Å². The summed E-state index contributed by atoms with van der Waals surface area (Å²) in [4.78, 5) is 32.2. The standard InChI is InChI=1S/C19H13N3O2/c23-18-14-5-1-2-6-16(14)22-17-8-7-12(10-15(17)18)19(24)21-13-4-3-9-20-11-13/h1-11H,(H,21,24)(H,22,23). The maximum Gasteiger partial charge on any atom is 0.255 e. The van der Waals surface area contributed by atoms with Gasteiger partial charge in [0.25, 0.3) is 5.91 Å². The van der Waals surface area contributed by atoms with Crippen LogP contribution in [0.5, 0.6) is 0 Å². The van der Waals surface area contributed by atoms with Gasteiger partial charge in [-0.2, -0.15) is 0 Å². The Balaban J connectivity index is 1.80. The number of fused-ring (bicyclic) bond motifs is 2. The number of hydrogen-bond donors (Lipinski definition) is 2. The fourth-order valence-electron chi connectivity index (χ4n) is 2.70. The van der Waals surface area contributed by atoms with Crippen LogP contribution in [0.15, 0.2) is 71.8 Å². The zero-order valence-electron chi connectivity index (χ0n) is 12.6. The van der Waals surface area contributed by atoms with Crippen LogP contribution in [0.3, 0.4) is 0 Å². The number of carbonyl (C=O) groups excluding carboxylic acids is 1. The predicted molar refractivity (Wildman–Crippen MR) is 94.3 cm³/mol. The molecule has 0 bridgehead atoms. The van der Waals surface area contributed by atoms with Gasteiger partial charge in [-0.25, -0.2) is 0 Å². The lowest BCUT2D eigenvalue weighted by atomic mass is 10.1. The Morgan fingerprint density at radius 1 is 0.958 bits per heavy atom. The summed E-state index contributed by atoms with van der Waals surface area (Å²) in [5.74, 6) is -0.280. The Morgan fingerprint density at radius 2 is 1.79 bits per heavy atom. The first-order chi connectivity index (χ1) is 11.7. The summed E-state index contributed by atoms with van der Waals surface area (Å²) >= 11 is 0. The fourth-order valence-corrected chi connectivity index (χ4v) is 2.70. The van der Waals surface area contributed by atoms with Gasteiger partial charge < -0.3 is 10.3 Å². The number of para-hydroxylation sites is 1. The quantitative estimate of drug-likeness (QED) is 0.557. The van der Waals surface area contributed by atoms with Crippen molar-refractivity contribution in [1.82, 2.24) is 9.97 Å². The summed E-state index contributed by atoms with van der Waals surface area (Å²) < 4.78 is 0. The summed E-state index contributed by atoms with van der Waals surface area (Å²) in [7, 11) is 0. The number of nitrogens with one attached hydrogen (secondary N) is 2. The normalized spacial score (nSPS) is 10.8. The van der Waals surface area contributed by atoms with Crippen LogP contribution in [0.1, 0.15) is 10.4 Å². The lowest BCUT2D eigenvalue weighted by Gasteiger charge is -2.07. The second-order valence-electron chi connectivity index (χ2n) is 5.46. The van der Waals surface area contributed by atoms with Crippen molar-refractivity contribution in [3.63, 3.8) is 0 Å². The first-order valence-corrected chi connectivity index (χ1v) is 7.48.